The maximum absolute atomic E-state index is 12.8. The largest absolute Gasteiger partial charge is 0.497 e. The molecule has 1 aliphatic heterocycles. The van der Waals surface area contributed by atoms with Crippen molar-refractivity contribution in [3.8, 4) is 11.5 Å². The second-order valence-corrected chi connectivity index (χ2v) is 10.4. The number of carbonyl (C=O) groups excluding carboxylic acids is 1. The van der Waals surface area contributed by atoms with Crippen LogP contribution in [0.15, 0.2) is 48.5 Å². The molecule has 0 radical (unpaired) electrons. The van der Waals surface area contributed by atoms with Crippen LogP contribution in [-0.2, 0) is 14.8 Å². The lowest BCUT2D eigenvalue weighted by atomic mass is 9.83. The third kappa shape index (κ3) is 5.99. The van der Waals surface area contributed by atoms with Gasteiger partial charge in [-0.3, -0.25) is 9.10 Å². The van der Waals surface area contributed by atoms with Crippen LogP contribution in [0.3, 0.4) is 0 Å². The Morgan fingerprint density at radius 3 is 2.58 bits per heavy atom. The quantitative estimate of drug-likeness (QED) is 0.550. The molecule has 1 aliphatic rings. The van der Waals surface area contributed by atoms with Gasteiger partial charge in [0.25, 0.3) is 0 Å². The van der Waals surface area contributed by atoms with Gasteiger partial charge < -0.3 is 14.8 Å². The van der Waals surface area contributed by atoms with Crippen LogP contribution >= 0.6 is 0 Å². The summed E-state index contributed by atoms with van der Waals surface area (Å²) in [5, 5.41) is 3.16. The Hall–Kier alpha value is -2.74. The fraction of sp³-hybridized carbons (Fsp3) is 0.480. The van der Waals surface area contributed by atoms with E-state index in [0.717, 1.165) is 24.2 Å². The highest BCUT2D eigenvalue weighted by molar-refractivity contribution is 7.92. The average Bonchev–Trinajstić information content (AvgIpc) is 2.80. The van der Waals surface area contributed by atoms with Crippen LogP contribution in [0.1, 0.15) is 57.6 Å². The summed E-state index contributed by atoms with van der Waals surface area (Å²) in [6.07, 6.45) is 4.21. The number of fused-ring (bicyclic) bond motifs is 1. The molecule has 0 bridgehead atoms. The first-order valence-corrected chi connectivity index (χ1v) is 13.2. The molecule has 1 amide bonds. The van der Waals surface area contributed by atoms with E-state index in [1.54, 1.807) is 24.3 Å². The van der Waals surface area contributed by atoms with E-state index in [2.05, 4.69) is 19.2 Å². The van der Waals surface area contributed by atoms with Crippen molar-refractivity contribution >= 4 is 21.6 Å². The van der Waals surface area contributed by atoms with Crippen LogP contribution in [0.25, 0.3) is 0 Å². The fourth-order valence-electron chi connectivity index (χ4n) is 4.33. The molecule has 0 aliphatic carbocycles. The monoisotopic (exact) mass is 474 g/mol. The van der Waals surface area contributed by atoms with Gasteiger partial charge in [0, 0.05) is 31.0 Å². The number of amides is 1. The number of rotatable bonds is 10. The van der Waals surface area contributed by atoms with Gasteiger partial charge in [-0.2, -0.15) is 0 Å². The summed E-state index contributed by atoms with van der Waals surface area (Å²) in [5.74, 6) is 1.29. The standard InChI is InChI=1S/C25H34N2O5S/c1-5-25(6-2)18-22(21-13-7-8-14-23(21)32-25)26-24(28)15-10-16-27(33(4,29)30)19-11-9-12-20(17-19)31-3/h7-9,11-14,17,22H,5-6,10,15-16,18H2,1-4H3,(H,26,28)/t22-/m1/s1. The van der Waals surface area contributed by atoms with Gasteiger partial charge >= 0.3 is 0 Å². The van der Waals surface area contributed by atoms with Gasteiger partial charge in [-0.1, -0.05) is 38.1 Å². The van der Waals surface area contributed by atoms with Crippen LogP contribution < -0.4 is 19.1 Å². The molecule has 7 nitrogen and oxygen atoms in total. The highest BCUT2D eigenvalue weighted by Gasteiger charge is 2.38. The zero-order chi connectivity index (χ0) is 24.1. The van der Waals surface area contributed by atoms with E-state index in [1.165, 1.54) is 17.7 Å². The molecule has 1 heterocycles. The van der Waals surface area contributed by atoms with Crippen molar-refractivity contribution in [2.45, 2.75) is 57.6 Å². The van der Waals surface area contributed by atoms with Gasteiger partial charge in [-0.15, -0.1) is 0 Å². The highest BCUT2D eigenvalue weighted by Crippen LogP contribution is 2.42. The van der Waals surface area contributed by atoms with Gasteiger partial charge in [0.15, 0.2) is 0 Å². The number of methoxy groups -OCH3 is 1. The maximum Gasteiger partial charge on any atom is 0.232 e. The third-order valence-electron chi connectivity index (χ3n) is 6.33. The average molecular weight is 475 g/mol. The Kier molecular flexibility index (Phi) is 7.89. The van der Waals surface area contributed by atoms with Crippen molar-refractivity contribution in [2.24, 2.45) is 0 Å². The summed E-state index contributed by atoms with van der Waals surface area (Å²) in [5.41, 5.74) is 1.20. The summed E-state index contributed by atoms with van der Waals surface area (Å²) < 4.78 is 37.6. The smallest absolute Gasteiger partial charge is 0.232 e. The Labute approximate surface area is 197 Å². The minimum Gasteiger partial charge on any atom is -0.497 e. The highest BCUT2D eigenvalue weighted by atomic mass is 32.2. The molecular weight excluding hydrogens is 440 g/mol. The summed E-state index contributed by atoms with van der Waals surface area (Å²) in [6.45, 7) is 4.42. The molecule has 0 spiro atoms. The lowest BCUT2D eigenvalue weighted by Crippen LogP contribution is -2.44. The Morgan fingerprint density at radius 1 is 1.18 bits per heavy atom. The predicted molar refractivity (Wildman–Crippen MR) is 130 cm³/mol. The van der Waals surface area contributed by atoms with E-state index in [4.69, 9.17) is 9.47 Å². The van der Waals surface area contributed by atoms with E-state index >= 15 is 0 Å². The van der Waals surface area contributed by atoms with E-state index < -0.39 is 10.0 Å². The molecule has 0 unspecified atom stereocenters. The SMILES string of the molecule is CCC1(CC)C[C@@H](NC(=O)CCCN(c2cccc(OC)c2)S(C)(=O)=O)c2ccccc2O1. The number of anilines is 1. The van der Waals surface area contributed by atoms with Gasteiger partial charge in [-0.25, -0.2) is 8.42 Å². The van der Waals surface area contributed by atoms with Crippen LogP contribution in [0.4, 0.5) is 5.69 Å². The molecule has 0 saturated carbocycles. The normalized spacial score (nSPS) is 16.9. The summed E-state index contributed by atoms with van der Waals surface area (Å²) in [4.78, 5) is 12.8. The zero-order valence-electron chi connectivity index (χ0n) is 19.8. The second kappa shape index (κ2) is 10.5. The molecule has 3 rings (SSSR count). The number of nitrogens with one attached hydrogen (secondary N) is 1. The summed E-state index contributed by atoms with van der Waals surface area (Å²) >= 11 is 0. The Balaban J connectivity index is 1.66. The third-order valence-corrected chi connectivity index (χ3v) is 7.52. The van der Waals surface area contributed by atoms with Crippen LogP contribution in [-0.4, -0.2) is 39.8 Å². The van der Waals surface area contributed by atoms with E-state index in [9.17, 15) is 13.2 Å². The van der Waals surface area contributed by atoms with Crippen molar-refractivity contribution in [3.63, 3.8) is 0 Å². The number of benzene rings is 2. The number of hydrogen-bond donors (Lipinski definition) is 1. The zero-order valence-corrected chi connectivity index (χ0v) is 20.7. The lowest BCUT2D eigenvalue weighted by Gasteiger charge is -2.41. The van der Waals surface area contributed by atoms with E-state index in [1.807, 2.05) is 24.3 Å². The number of ether oxygens (including phenoxy) is 2. The summed E-state index contributed by atoms with van der Waals surface area (Å²) in [6, 6.07) is 14.6. The number of nitrogens with zero attached hydrogens (tertiary/aromatic N) is 1. The first kappa shape index (κ1) is 24.9. The molecule has 1 atom stereocenters. The molecule has 180 valence electrons. The lowest BCUT2D eigenvalue weighted by molar-refractivity contribution is -0.122. The minimum absolute atomic E-state index is 0.100. The van der Waals surface area contributed by atoms with Crippen LogP contribution in [0.2, 0.25) is 0 Å². The van der Waals surface area contributed by atoms with E-state index in [0.29, 0.717) is 24.3 Å². The molecule has 0 saturated heterocycles. The fourth-order valence-corrected chi connectivity index (χ4v) is 5.29. The Bertz CT molecular complexity index is 1070. The first-order chi connectivity index (χ1) is 15.7. The number of hydrogen-bond acceptors (Lipinski definition) is 5. The Morgan fingerprint density at radius 2 is 1.91 bits per heavy atom. The molecule has 33 heavy (non-hydrogen) atoms. The van der Waals surface area contributed by atoms with Crippen LogP contribution in [0, 0.1) is 0 Å². The maximum atomic E-state index is 12.8. The first-order valence-electron chi connectivity index (χ1n) is 11.4. The molecule has 8 heteroatoms. The molecular formula is C25H34N2O5S. The van der Waals surface area contributed by atoms with Crippen molar-refractivity contribution in [1.82, 2.24) is 5.32 Å². The molecule has 0 fully saturated rings. The van der Waals surface area contributed by atoms with Crippen molar-refractivity contribution in [3.05, 3.63) is 54.1 Å². The second-order valence-electron chi connectivity index (χ2n) is 8.49. The van der Waals surface area contributed by atoms with Gasteiger partial charge in [0.1, 0.15) is 17.1 Å². The number of para-hydroxylation sites is 1. The minimum atomic E-state index is -3.50. The van der Waals surface area contributed by atoms with Gasteiger partial charge in [0.2, 0.25) is 15.9 Å². The molecule has 0 aromatic heterocycles. The topological polar surface area (TPSA) is 84.9 Å². The van der Waals surface area contributed by atoms with Crippen molar-refractivity contribution in [1.29, 1.82) is 0 Å². The number of carbonyl (C=O) groups is 1. The molecule has 2 aromatic carbocycles. The van der Waals surface area contributed by atoms with Crippen LogP contribution in [0.5, 0.6) is 11.5 Å². The number of sulfonamides is 1. The predicted octanol–water partition coefficient (Wildman–Crippen LogP) is 4.44. The van der Waals surface area contributed by atoms with E-state index in [-0.39, 0.29) is 30.5 Å². The van der Waals surface area contributed by atoms with Crippen molar-refractivity contribution < 1.29 is 22.7 Å². The summed E-state index contributed by atoms with van der Waals surface area (Å²) in [7, 11) is -1.96. The molecule has 2 aromatic rings. The van der Waals surface area contributed by atoms with Gasteiger partial charge in [-0.05, 0) is 37.5 Å². The molecule has 1 N–H and O–H groups in total. The van der Waals surface area contributed by atoms with Crippen molar-refractivity contribution in [2.75, 3.05) is 24.2 Å². The van der Waals surface area contributed by atoms with Gasteiger partial charge in [0.05, 0.1) is 25.1 Å².